The topological polar surface area (TPSA) is 91.5 Å². The largest absolute Gasteiger partial charge is 0.388 e. The van der Waals surface area contributed by atoms with Crippen LogP contribution in [0, 0.1) is 11.6 Å². The van der Waals surface area contributed by atoms with Crippen LogP contribution in [0.25, 0.3) is 11.3 Å². The fourth-order valence-corrected chi connectivity index (χ4v) is 5.96. The Kier molecular flexibility index (Phi) is 6.90. The van der Waals surface area contributed by atoms with E-state index in [1.165, 1.54) is 16.4 Å². The first-order chi connectivity index (χ1) is 16.4. The molecule has 0 radical (unpaired) electrons. The van der Waals surface area contributed by atoms with Gasteiger partial charge in [-0.25, -0.2) is 13.5 Å². The lowest BCUT2D eigenvalue weighted by molar-refractivity contribution is -0.170. The lowest BCUT2D eigenvalue weighted by Crippen LogP contribution is -2.55. The van der Waals surface area contributed by atoms with Crippen molar-refractivity contribution in [3.05, 3.63) is 57.9 Å². The van der Waals surface area contributed by atoms with Crippen LogP contribution in [0.4, 0.5) is 8.78 Å². The number of hydrogen-bond donors (Lipinski definition) is 1. The van der Waals surface area contributed by atoms with E-state index >= 15 is 0 Å². The first-order valence-corrected chi connectivity index (χ1v) is 12.2. The number of benzene rings is 1. The van der Waals surface area contributed by atoms with Crippen molar-refractivity contribution < 1.29 is 28.1 Å². The van der Waals surface area contributed by atoms with Crippen LogP contribution in [0.1, 0.15) is 6.04 Å². The molecule has 2 aromatic heterocycles. The van der Waals surface area contributed by atoms with Crippen LogP contribution in [0.5, 0.6) is 0 Å². The Labute approximate surface area is 210 Å². The molecule has 0 bridgehead atoms. The molecule has 0 amide bonds. The zero-order valence-corrected chi connectivity index (χ0v) is 20.7. The zero-order chi connectivity index (χ0) is 24.0. The number of hydrogen-bond acceptors (Lipinski definition) is 8. The second-order valence-corrected chi connectivity index (χ2v) is 10.3. The van der Waals surface area contributed by atoms with Gasteiger partial charge in [0.1, 0.15) is 58.2 Å². The van der Waals surface area contributed by atoms with Gasteiger partial charge >= 0.3 is 0 Å². The van der Waals surface area contributed by atoms with E-state index in [2.05, 4.69) is 31.2 Å². The van der Waals surface area contributed by atoms with Gasteiger partial charge in [-0.2, -0.15) is 0 Å². The summed E-state index contributed by atoms with van der Waals surface area (Å²) in [7, 11) is 1.54. The molecule has 5 rings (SSSR count). The molecule has 4 unspecified atom stereocenters. The highest BCUT2D eigenvalue weighted by Gasteiger charge is 2.54. The van der Waals surface area contributed by atoms with Gasteiger partial charge in [0, 0.05) is 34.4 Å². The fraction of sp³-hybridized carbons (Fsp3) is 0.381. The molecule has 6 atom stereocenters. The lowest BCUT2D eigenvalue weighted by Gasteiger charge is -2.43. The summed E-state index contributed by atoms with van der Waals surface area (Å²) in [5, 5.41) is 18.2. The summed E-state index contributed by atoms with van der Waals surface area (Å²) in [5.41, 5.74) is -0.116. The van der Waals surface area contributed by atoms with Crippen LogP contribution in [0.3, 0.4) is 0 Å². The van der Waals surface area contributed by atoms with Crippen LogP contribution in [0.15, 0.2) is 46.2 Å². The normalized spacial score (nSPS) is 28.8. The summed E-state index contributed by atoms with van der Waals surface area (Å²) in [4.78, 5) is 5.01. The van der Waals surface area contributed by atoms with Gasteiger partial charge in [0.15, 0.2) is 0 Å². The molecule has 2 saturated heterocycles. The van der Waals surface area contributed by atoms with Gasteiger partial charge in [-0.05, 0) is 34.1 Å². The molecular weight excluding hydrogens is 558 g/mol. The first kappa shape index (κ1) is 24.0. The maximum Gasteiger partial charge on any atom is 0.145 e. The van der Waals surface area contributed by atoms with Gasteiger partial charge in [0.25, 0.3) is 0 Å². The number of rotatable bonds is 5. The Morgan fingerprint density at radius 2 is 2.00 bits per heavy atom. The van der Waals surface area contributed by atoms with Crippen LogP contribution in [0.2, 0.25) is 5.02 Å². The summed E-state index contributed by atoms with van der Waals surface area (Å²) in [6.07, 6.45) is 2.31. The molecule has 13 heteroatoms. The summed E-state index contributed by atoms with van der Waals surface area (Å²) >= 11 is 10.4. The average molecular weight is 576 g/mol. The fourth-order valence-electron chi connectivity index (χ4n) is 4.16. The number of fused-ring (bicyclic) bond motifs is 1. The monoisotopic (exact) mass is 574 g/mol. The van der Waals surface area contributed by atoms with Crippen molar-refractivity contribution in [3.63, 3.8) is 0 Å². The van der Waals surface area contributed by atoms with E-state index in [1.807, 2.05) is 6.07 Å². The molecule has 2 fully saturated rings. The van der Waals surface area contributed by atoms with Crippen LogP contribution >= 0.6 is 39.3 Å². The Hall–Kier alpha value is -1.67. The van der Waals surface area contributed by atoms with Gasteiger partial charge in [0.2, 0.25) is 0 Å². The number of pyridine rings is 1. The van der Waals surface area contributed by atoms with Crippen molar-refractivity contribution in [2.45, 2.75) is 40.8 Å². The van der Waals surface area contributed by atoms with Crippen molar-refractivity contribution in [1.82, 2.24) is 20.0 Å². The van der Waals surface area contributed by atoms with E-state index in [0.717, 1.165) is 21.5 Å². The van der Waals surface area contributed by atoms with Crippen molar-refractivity contribution in [3.8, 4) is 11.3 Å². The standard InChI is InChI=1S/C21H18BrClF2N4O4S/c1-31-20-17(29-7-14(27-28-29)9-2-12(24)16(23)13(25)3-9)19-18(15(30)8-32-19)33-21(20)34-11-4-10(22)5-26-6-11/h2-7,15,17-21,30H,8H2,1H3/t15?,17?,18?,19-,20?,21-/m1/s1. The highest BCUT2D eigenvalue weighted by molar-refractivity contribution is 9.10. The minimum Gasteiger partial charge on any atom is -0.388 e. The van der Waals surface area contributed by atoms with Gasteiger partial charge in [-0.3, -0.25) is 4.98 Å². The molecular formula is C21H18BrClF2N4O4S. The van der Waals surface area contributed by atoms with Crippen molar-refractivity contribution >= 4 is 39.3 Å². The second kappa shape index (κ2) is 9.76. The number of thioether (sulfide) groups is 1. The molecule has 0 aliphatic carbocycles. The quantitative estimate of drug-likeness (QED) is 0.459. The Morgan fingerprint density at radius 1 is 1.24 bits per heavy atom. The number of halogens is 4. The van der Waals surface area contributed by atoms with E-state index in [1.54, 1.807) is 25.7 Å². The summed E-state index contributed by atoms with van der Waals surface area (Å²) in [5.74, 6) is -1.79. The molecule has 4 heterocycles. The number of aliphatic hydroxyl groups is 1. The third-order valence-corrected chi connectivity index (χ3v) is 7.60. The molecule has 1 N–H and O–H groups in total. The maximum atomic E-state index is 14.0. The molecule has 0 spiro atoms. The molecule has 2 aliphatic heterocycles. The predicted octanol–water partition coefficient (Wildman–Crippen LogP) is 3.87. The van der Waals surface area contributed by atoms with Crippen LogP contribution in [-0.2, 0) is 14.2 Å². The van der Waals surface area contributed by atoms with Crippen molar-refractivity contribution in [1.29, 1.82) is 0 Å². The smallest absolute Gasteiger partial charge is 0.145 e. The third-order valence-electron chi connectivity index (χ3n) is 5.69. The molecule has 2 aliphatic rings. The molecule has 3 aromatic rings. The Balaban J connectivity index is 1.50. The van der Waals surface area contributed by atoms with Crippen LogP contribution in [-0.4, -0.2) is 68.7 Å². The molecule has 1 aromatic carbocycles. The summed E-state index contributed by atoms with van der Waals surface area (Å²) < 4.78 is 48.2. The molecule has 8 nitrogen and oxygen atoms in total. The van der Waals surface area contributed by atoms with E-state index in [0.29, 0.717) is 0 Å². The number of ether oxygens (including phenoxy) is 3. The third kappa shape index (κ3) is 4.48. The maximum absolute atomic E-state index is 14.0. The first-order valence-electron chi connectivity index (χ1n) is 10.2. The molecule has 180 valence electrons. The van der Waals surface area contributed by atoms with Gasteiger partial charge < -0.3 is 19.3 Å². The summed E-state index contributed by atoms with van der Waals surface area (Å²) in [6.45, 7) is 0.0905. The Bertz CT molecular complexity index is 1180. The number of aromatic nitrogens is 4. The van der Waals surface area contributed by atoms with E-state index in [9.17, 15) is 13.9 Å². The lowest BCUT2D eigenvalue weighted by atomic mass is 9.96. The van der Waals surface area contributed by atoms with Gasteiger partial charge in [-0.15, -0.1) is 5.10 Å². The average Bonchev–Trinajstić information content (AvgIpc) is 3.44. The number of methoxy groups -OCH3 is 1. The highest BCUT2D eigenvalue weighted by atomic mass is 79.9. The van der Waals surface area contributed by atoms with Crippen molar-refractivity contribution in [2.75, 3.05) is 13.7 Å². The highest BCUT2D eigenvalue weighted by Crippen LogP contribution is 2.43. The van der Waals surface area contributed by atoms with Gasteiger partial charge in [0.05, 0.1) is 12.8 Å². The second-order valence-electron chi connectivity index (χ2n) is 7.82. The van der Waals surface area contributed by atoms with Gasteiger partial charge in [-0.1, -0.05) is 28.6 Å². The number of nitrogens with zero attached hydrogens (tertiary/aromatic N) is 4. The van der Waals surface area contributed by atoms with E-state index in [-0.39, 0.29) is 17.9 Å². The van der Waals surface area contributed by atoms with E-state index < -0.39 is 52.6 Å². The molecule has 0 saturated carbocycles. The zero-order valence-electron chi connectivity index (χ0n) is 17.5. The molecule has 34 heavy (non-hydrogen) atoms. The predicted molar refractivity (Wildman–Crippen MR) is 122 cm³/mol. The Morgan fingerprint density at radius 3 is 2.71 bits per heavy atom. The van der Waals surface area contributed by atoms with E-state index in [4.69, 9.17) is 25.8 Å². The minimum absolute atomic E-state index is 0.0905. The van der Waals surface area contributed by atoms with Crippen molar-refractivity contribution in [2.24, 2.45) is 0 Å². The summed E-state index contributed by atoms with van der Waals surface area (Å²) in [6, 6.07) is 3.54. The minimum atomic E-state index is -0.895. The number of aliphatic hydroxyl groups excluding tert-OH is 1. The van der Waals surface area contributed by atoms with Crippen LogP contribution < -0.4 is 0 Å². The SMILES string of the molecule is COC1C(n2cc(-c3cc(F)c(Cl)c(F)c3)nn2)[C@H]2OCC(O)C2O[C@@H]1Sc1cncc(Br)c1.